The lowest BCUT2D eigenvalue weighted by molar-refractivity contribution is 0.285. The largest absolute Gasteiger partial charge is 0.439 e. The molecule has 3 aromatic heterocycles. The Morgan fingerprint density at radius 2 is 1.97 bits per heavy atom. The highest BCUT2D eigenvalue weighted by molar-refractivity contribution is 5.91. The number of rotatable bonds is 9. The monoisotopic (exact) mass is 494 g/mol. The number of aromatic amines is 1. The molecule has 10 heteroatoms. The zero-order valence-electron chi connectivity index (χ0n) is 21.9. The molecule has 194 valence electrons. The lowest BCUT2D eigenvalue weighted by Gasteiger charge is -2.33. The molecule has 0 aliphatic heterocycles. The molecule has 0 saturated heterocycles. The Bertz CT molecular complexity index is 1280. The summed E-state index contributed by atoms with van der Waals surface area (Å²) in [6.07, 6.45) is 9.34. The van der Waals surface area contributed by atoms with Crippen LogP contribution in [-0.2, 0) is 0 Å². The zero-order valence-corrected chi connectivity index (χ0v) is 21.9. The van der Waals surface area contributed by atoms with E-state index in [1.54, 1.807) is 0 Å². The Hall–Kier alpha value is -3.17. The van der Waals surface area contributed by atoms with Crippen molar-refractivity contribution in [3.05, 3.63) is 17.1 Å². The Morgan fingerprint density at radius 1 is 1.22 bits per heavy atom. The fourth-order valence-corrected chi connectivity index (χ4v) is 5.52. The summed E-state index contributed by atoms with van der Waals surface area (Å²) in [7, 11) is 2.06. The molecule has 10 nitrogen and oxygen atoms in total. The van der Waals surface area contributed by atoms with Crippen LogP contribution in [-0.4, -0.2) is 49.3 Å². The quantitative estimate of drug-likeness (QED) is 0.431. The predicted molar refractivity (Wildman–Crippen MR) is 142 cm³/mol. The third kappa shape index (κ3) is 4.65. The van der Waals surface area contributed by atoms with Crippen LogP contribution in [0.25, 0.3) is 28.5 Å². The van der Waals surface area contributed by atoms with Crippen molar-refractivity contribution in [1.29, 1.82) is 0 Å². The topological polar surface area (TPSA) is 118 Å². The number of fused-ring (bicyclic) bond motifs is 1. The molecule has 2 fully saturated rings. The van der Waals surface area contributed by atoms with E-state index in [0.717, 1.165) is 48.9 Å². The number of H-pyrrole nitrogens is 1. The van der Waals surface area contributed by atoms with Gasteiger partial charge in [-0.1, -0.05) is 44.8 Å². The second-order valence-corrected chi connectivity index (χ2v) is 10.8. The molecule has 0 amide bonds. The van der Waals surface area contributed by atoms with Crippen molar-refractivity contribution in [3.63, 3.8) is 0 Å². The molecule has 0 spiro atoms. The molecule has 36 heavy (non-hydrogen) atoms. The van der Waals surface area contributed by atoms with Gasteiger partial charge in [0.2, 0.25) is 17.6 Å². The Morgan fingerprint density at radius 3 is 2.58 bits per heavy atom. The molecule has 0 radical (unpaired) electrons. The van der Waals surface area contributed by atoms with E-state index in [2.05, 4.69) is 59.3 Å². The highest BCUT2D eigenvalue weighted by atomic mass is 16.5. The van der Waals surface area contributed by atoms with E-state index in [1.165, 1.54) is 32.1 Å². The van der Waals surface area contributed by atoms with Crippen LogP contribution in [0.1, 0.15) is 72.1 Å². The van der Waals surface area contributed by atoms with Crippen molar-refractivity contribution in [2.75, 3.05) is 23.8 Å². The summed E-state index contributed by atoms with van der Waals surface area (Å²) in [6.45, 7) is 12.2. The first-order valence-electron chi connectivity index (χ1n) is 13.4. The third-order valence-corrected chi connectivity index (χ3v) is 8.04. The first-order valence-corrected chi connectivity index (χ1v) is 13.4. The molecule has 5 rings (SSSR count). The van der Waals surface area contributed by atoms with Crippen molar-refractivity contribution in [2.45, 2.75) is 78.2 Å². The van der Waals surface area contributed by atoms with Crippen LogP contribution in [0.5, 0.6) is 0 Å². The summed E-state index contributed by atoms with van der Waals surface area (Å²) in [5, 5.41) is 7.50. The number of hydrogen-bond acceptors (Lipinski definition) is 8. The average molecular weight is 495 g/mol. The average Bonchev–Trinajstić information content (AvgIpc) is 3.42. The van der Waals surface area contributed by atoms with Crippen LogP contribution >= 0.6 is 0 Å². The standard InChI is InChI=1S/C26H38N8O2/c1-6-14-33(5)25-30-22-20(34(25)17(4)19-12-10-15(2)11-13-19)21(27-16(3)18-8-7-9-18)28-23(29-22)24-31-26(35)36-32-24/h15-16,18-19H,4,6-14H2,1-3,5H3,(H,27,28,29)(H,31,32,35). The van der Waals surface area contributed by atoms with Crippen LogP contribution in [0.2, 0.25) is 0 Å². The van der Waals surface area contributed by atoms with Gasteiger partial charge in [0, 0.05) is 25.3 Å². The van der Waals surface area contributed by atoms with E-state index >= 15 is 0 Å². The minimum atomic E-state index is -0.639. The number of aromatic nitrogens is 6. The van der Waals surface area contributed by atoms with Gasteiger partial charge < -0.3 is 10.2 Å². The van der Waals surface area contributed by atoms with E-state index in [0.29, 0.717) is 23.3 Å². The number of anilines is 2. The van der Waals surface area contributed by atoms with Crippen LogP contribution < -0.4 is 16.0 Å². The first-order chi connectivity index (χ1) is 17.4. The molecular formula is C26H38N8O2. The molecule has 0 aromatic carbocycles. The maximum atomic E-state index is 11.6. The lowest BCUT2D eigenvalue weighted by atomic mass is 9.80. The molecule has 1 atom stereocenters. The Balaban J connectivity index is 1.67. The smallest absolute Gasteiger partial charge is 0.365 e. The summed E-state index contributed by atoms with van der Waals surface area (Å²) >= 11 is 0. The predicted octanol–water partition coefficient (Wildman–Crippen LogP) is 4.91. The van der Waals surface area contributed by atoms with Crippen molar-refractivity contribution in [2.24, 2.45) is 17.8 Å². The maximum Gasteiger partial charge on any atom is 0.439 e. The zero-order chi connectivity index (χ0) is 25.4. The molecule has 3 heterocycles. The number of nitrogens with zero attached hydrogens (tertiary/aromatic N) is 6. The van der Waals surface area contributed by atoms with Gasteiger partial charge in [-0.15, -0.1) is 0 Å². The van der Waals surface area contributed by atoms with E-state index in [1.807, 2.05) is 0 Å². The molecule has 2 N–H and O–H groups in total. The van der Waals surface area contributed by atoms with Gasteiger partial charge in [-0.25, -0.2) is 14.8 Å². The number of imidazole rings is 1. The van der Waals surface area contributed by atoms with Crippen LogP contribution in [0, 0.1) is 17.8 Å². The van der Waals surface area contributed by atoms with Gasteiger partial charge in [-0.2, -0.15) is 4.98 Å². The minimum Gasteiger partial charge on any atom is -0.365 e. The molecule has 3 aromatic rings. The second-order valence-electron chi connectivity index (χ2n) is 10.8. The molecule has 2 saturated carbocycles. The van der Waals surface area contributed by atoms with Gasteiger partial charge >= 0.3 is 5.76 Å². The molecule has 2 aliphatic rings. The summed E-state index contributed by atoms with van der Waals surface area (Å²) in [4.78, 5) is 30.9. The Labute approximate surface area is 211 Å². The number of hydrogen-bond donors (Lipinski definition) is 2. The maximum absolute atomic E-state index is 11.6. The lowest BCUT2D eigenvalue weighted by Crippen LogP contribution is -2.31. The fraction of sp³-hybridized carbons (Fsp3) is 0.654. The van der Waals surface area contributed by atoms with Crippen LogP contribution in [0.4, 0.5) is 11.8 Å². The first kappa shape index (κ1) is 24.5. The molecule has 0 bridgehead atoms. The fourth-order valence-electron chi connectivity index (χ4n) is 5.52. The van der Waals surface area contributed by atoms with Gasteiger partial charge in [-0.3, -0.25) is 14.1 Å². The summed E-state index contributed by atoms with van der Waals surface area (Å²) in [5.41, 5.74) is 2.43. The molecule has 1 unspecified atom stereocenters. The highest BCUT2D eigenvalue weighted by Crippen LogP contribution is 2.40. The van der Waals surface area contributed by atoms with Crippen molar-refractivity contribution in [3.8, 4) is 11.6 Å². The van der Waals surface area contributed by atoms with Gasteiger partial charge in [0.1, 0.15) is 5.52 Å². The molecular weight excluding hydrogens is 456 g/mol. The van der Waals surface area contributed by atoms with Gasteiger partial charge in [-0.05, 0) is 56.8 Å². The number of allylic oxidation sites excluding steroid dienone is 1. The van der Waals surface area contributed by atoms with E-state index in [-0.39, 0.29) is 17.7 Å². The van der Waals surface area contributed by atoms with Crippen molar-refractivity contribution < 1.29 is 4.52 Å². The minimum absolute atomic E-state index is 0.194. The highest BCUT2D eigenvalue weighted by Gasteiger charge is 2.30. The summed E-state index contributed by atoms with van der Waals surface area (Å²) < 4.78 is 6.91. The molecule has 2 aliphatic carbocycles. The Kier molecular flexibility index (Phi) is 6.85. The summed E-state index contributed by atoms with van der Waals surface area (Å²) in [5.74, 6) is 3.08. The van der Waals surface area contributed by atoms with Crippen molar-refractivity contribution in [1.82, 2.24) is 29.7 Å². The van der Waals surface area contributed by atoms with Gasteiger partial charge in [0.15, 0.2) is 11.5 Å². The van der Waals surface area contributed by atoms with E-state index in [9.17, 15) is 4.79 Å². The SMILES string of the molecule is C=C(C1CCC(C)CC1)n1c(N(C)CCC)nc2nc(-c3noc(=O)[nH]3)nc(NC(C)C3CCC3)c21. The third-order valence-electron chi connectivity index (χ3n) is 8.04. The second kappa shape index (κ2) is 10.1. The normalized spacial score (nSPS) is 21.3. The van der Waals surface area contributed by atoms with Crippen LogP contribution in [0.15, 0.2) is 15.9 Å². The van der Waals surface area contributed by atoms with E-state index < -0.39 is 5.76 Å². The van der Waals surface area contributed by atoms with Crippen LogP contribution in [0.3, 0.4) is 0 Å². The van der Waals surface area contributed by atoms with Gasteiger partial charge in [0.05, 0.1) is 0 Å². The van der Waals surface area contributed by atoms with Crippen molar-refractivity contribution >= 4 is 28.6 Å². The van der Waals surface area contributed by atoms with E-state index in [4.69, 9.17) is 19.5 Å². The summed E-state index contributed by atoms with van der Waals surface area (Å²) in [6, 6.07) is 0.241. The van der Waals surface area contributed by atoms with Gasteiger partial charge in [0.25, 0.3) is 0 Å². The number of nitrogens with one attached hydrogen (secondary N) is 2.